The van der Waals surface area contributed by atoms with Gasteiger partial charge in [-0.25, -0.2) is 18.7 Å². The van der Waals surface area contributed by atoms with Crippen LogP contribution in [0.15, 0.2) is 18.2 Å². The first-order valence-electron chi connectivity index (χ1n) is 10.6. The summed E-state index contributed by atoms with van der Waals surface area (Å²) in [6, 6.07) is 4.79. The van der Waals surface area contributed by atoms with Crippen molar-refractivity contribution < 1.29 is 22.3 Å². The van der Waals surface area contributed by atoms with Gasteiger partial charge in [0.15, 0.2) is 0 Å². The molecule has 2 fully saturated rings. The zero-order valence-electron chi connectivity index (χ0n) is 17.0. The number of ether oxygens (including phenoxy) is 1. The maximum absolute atomic E-state index is 14.6. The third kappa shape index (κ3) is 2.68. The molecule has 1 aromatic carbocycles. The molecule has 1 N–H and O–H groups in total. The summed E-state index contributed by atoms with van der Waals surface area (Å²) in [7, 11) is 0. The maximum Gasteiger partial charge on any atom is 0.290 e. The number of benzene rings is 1. The molecule has 0 bridgehead atoms. The highest BCUT2D eigenvalue weighted by atomic mass is 19.3. The Kier molecular flexibility index (Phi) is 3.86. The molecule has 1 aromatic heterocycles. The maximum atomic E-state index is 14.6. The molecule has 1 atom stereocenters. The van der Waals surface area contributed by atoms with Gasteiger partial charge in [0, 0.05) is 24.1 Å². The number of hydrogen-bond acceptors (Lipinski definition) is 5. The average molecular weight is 434 g/mol. The molecule has 4 heterocycles. The Morgan fingerprint density at radius 3 is 2.61 bits per heavy atom. The molecule has 9 heteroatoms. The molecule has 1 aliphatic carbocycles. The molecule has 0 amide bonds. The first-order valence-corrected chi connectivity index (χ1v) is 10.6. The van der Waals surface area contributed by atoms with Gasteiger partial charge in [-0.15, -0.1) is 0 Å². The number of fused-ring (bicyclic) bond motifs is 3. The van der Waals surface area contributed by atoms with Crippen molar-refractivity contribution in [2.24, 2.45) is 0 Å². The predicted molar refractivity (Wildman–Crippen MR) is 106 cm³/mol. The van der Waals surface area contributed by atoms with Crippen LogP contribution in [0, 0.1) is 0 Å². The summed E-state index contributed by atoms with van der Waals surface area (Å²) in [6.07, 6.45) is 0.644. The van der Waals surface area contributed by atoms with Gasteiger partial charge in [0.1, 0.15) is 5.69 Å². The van der Waals surface area contributed by atoms with E-state index in [1.165, 1.54) is 17.4 Å². The number of nitrogens with one attached hydrogen (secondary N) is 1. The standard InChI is InChI=1S/C22H22F4N4O/c1-12-22(25,26)9-30(12)19-28-17(15-4-6-21(23,24)18(15)29-19)14-2-3-16-13(8-14)5-7-27-20(16)10-31-11-20/h2-3,8,12,27H,4-7,9-11H2,1H3/t12-/m0/s1. The minimum absolute atomic E-state index is 0.0444. The fourth-order valence-electron chi connectivity index (χ4n) is 5.14. The van der Waals surface area contributed by atoms with E-state index in [0.29, 0.717) is 24.5 Å². The minimum Gasteiger partial charge on any atom is -0.377 e. The van der Waals surface area contributed by atoms with Gasteiger partial charge < -0.3 is 15.0 Å². The van der Waals surface area contributed by atoms with Gasteiger partial charge >= 0.3 is 0 Å². The lowest BCUT2D eigenvalue weighted by molar-refractivity contribution is -0.0814. The molecule has 2 saturated heterocycles. The fraction of sp³-hybridized carbons (Fsp3) is 0.545. The quantitative estimate of drug-likeness (QED) is 0.735. The zero-order chi connectivity index (χ0) is 21.6. The summed E-state index contributed by atoms with van der Waals surface area (Å²) in [5.74, 6) is -6.00. The molecule has 0 saturated carbocycles. The number of hydrogen-bond donors (Lipinski definition) is 1. The molecular weight excluding hydrogens is 412 g/mol. The van der Waals surface area contributed by atoms with Gasteiger partial charge in [0.05, 0.1) is 37.0 Å². The SMILES string of the molecule is C[C@@H]1N(c2nc(-c3ccc4c(c3)CCNC43COC3)c3c(n2)C(F)(F)CC3)CC1(F)F. The van der Waals surface area contributed by atoms with E-state index in [1.807, 2.05) is 18.2 Å². The largest absolute Gasteiger partial charge is 0.377 e. The Hall–Kier alpha value is -2.26. The normalized spacial score (nSPS) is 26.7. The van der Waals surface area contributed by atoms with Gasteiger partial charge in [0.25, 0.3) is 11.8 Å². The lowest BCUT2D eigenvalue weighted by Crippen LogP contribution is -2.64. The molecule has 0 radical (unpaired) electrons. The minimum atomic E-state index is -3.08. The van der Waals surface area contributed by atoms with E-state index in [0.717, 1.165) is 24.1 Å². The Labute approximate surface area is 176 Å². The van der Waals surface area contributed by atoms with E-state index in [9.17, 15) is 17.6 Å². The molecule has 0 unspecified atom stereocenters. The number of nitrogens with zero attached hydrogens (tertiary/aromatic N) is 3. The third-order valence-corrected chi connectivity index (χ3v) is 7.20. The molecule has 3 aliphatic heterocycles. The van der Waals surface area contributed by atoms with Gasteiger partial charge in [0.2, 0.25) is 5.95 Å². The Bertz CT molecular complexity index is 1090. The molecule has 2 aromatic rings. The van der Waals surface area contributed by atoms with Crippen LogP contribution in [0.4, 0.5) is 23.5 Å². The van der Waals surface area contributed by atoms with Gasteiger partial charge in [-0.1, -0.05) is 12.1 Å². The summed E-state index contributed by atoms with van der Waals surface area (Å²) in [5, 5.41) is 3.52. The van der Waals surface area contributed by atoms with E-state index in [1.54, 1.807) is 0 Å². The van der Waals surface area contributed by atoms with Crippen LogP contribution < -0.4 is 10.2 Å². The first-order chi connectivity index (χ1) is 14.7. The second-order valence-corrected chi connectivity index (χ2v) is 9.09. The lowest BCUT2D eigenvalue weighted by Gasteiger charge is -2.46. The van der Waals surface area contributed by atoms with E-state index in [2.05, 4.69) is 15.3 Å². The van der Waals surface area contributed by atoms with Crippen LogP contribution in [-0.4, -0.2) is 48.2 Å². The van der Waals surface area contributed by atoms with Crippen molar-refractivity contribution in [3.05, 3.63) is 40.6 Å². The second-order valence-electron chi connectivity index (χ2n) is 9.09. The highest BCUT2D eigenvalue weighted by Crippen LogP contribution is 2.46. The van der Waals surface area contributed by atoms with E-state index < -0.39 is 24.4 Å². The van der Waals surface area contributed by atoms with Gasteiger partial charge in [-0.05, 0) is 37.0 Å². The Morgan fingerprint density at radius 1 is 1.13 bits per heavy atom. The second kappa shape index (κ2) is 6.16. The van der Waals surface area contributed by atoms with Crippen molar-refractivity contribution in [2.75, 3.05) is 31.2 Å². The molecule has 31 heavy (non-hydrogen) atoms. The number of alkyl halides is 4. The predicted octanol–water partition coefficient (Wildman–Crippen LogP) is 3.40. The number of halogens is 4. The van der Waals surface area contributed by atoms with Crippen LogP contribution in [0.2, 0.25) is 0 Å². The van der Waals surface area contributed by atoms with Crippen LogP contribution in [0.25, 0.3) is 11.3 Å². The fourth-order valence-corrected chi connectivity index (χ4v) is 5.14. The Morgan fingerprint density at radius 2 is 1.94 bits per heavy atom. The van der Waals surface area contributed by atoms with Crippen molar-refractivity contribution in [1.82, 2.24) is 15.3 Å². The number of rotatable bonds is 2. The highest BCUT2D eigenvalue weighted by molar-refractivity contribution is 5.69. The van der Waals surface area contributed by atoms with Gasteiger partial charge in [-0.2, -0.15) is 8.78 Å². The third-order valence-electron chi connectivity index (χ3n) is 7.20. The molecule has 4 aliphatic rings. The summed E-state index contributed by atoms with van der Waals surface area (Å²) in [4.78, 5) is 9.92. The summed E-state index contributed by atoms with van der Waals surface area (Å²) < 4.78 is 62.1. The smallest absolute Gasteiger partial charge is 0.290 e. The van der Waals surface area contributed by atoms with Crippen molar-refractivity contribution in [1.29, 1.82) is 0 Å². The van der Waals surface area contributed by atoms with Crippen molar-refractivity contribution in [3.63, 3.8) is 0 Å². The van der Waals surface area contributed by atoms with Crippen LogP contribution in [0.5, 0.6) is 0 Å². The Balaban J connectivity index is 1.47. The molecule has 164 valence electrons. The summed E-state index contributed by atoms with van der Waals surface area (Å²) in [5.41, 5.74) is 3.40. The van der Waals surface area contributed by atoms with Crippen molar-refractivity contribution >= 4 is 5.95 Å². The van der Waals surface area contributed by atoms with Crippen molar-refractivity contribution in [3.8, 4) is 11.3 Å². The molecule has 6 rings (SSSR count). The van der Waals surface area contributed by atoms with E-state index >= 15 is 0 Å². The molecule has 5 nitrogen and oxygen atoms in total. The monoisotopic (exact) mass is 434 g/mol. The van der Waals surface area contributed by atoms with Crippen LogP contribution >= 0.6 is 0 Å². The summed E-state index contributed by atoms with van der Waals surface area (Å²) >= 11 is 0. The van der Waals surface area contributed by atoms with Crippen LogP contribution in [-0.2, 0) is 29.0 Å². The van der Waals surface area contributed by atoms with E-state index in [4.69, 9.17) is 4.74 Å². The topological polar surface area (TPSA) is 50.3 Å². The number of anilines is 1. The van der Waals surface area contributed by atoms with Crippen molar-refractivity contribution in [2.45, 2.75) is 49.6 Å². The summed E-state index contributed by atoms with van der Waals surface area (Å²) in [6.45, 7) is 2.84. The zero-order valence-corrected chi connectivity index (χ0v) is 17.0. The van der Waals surface area contributed by atoms with Crippen LogP contribution in [0.1, 0.15) is 35.7 Å². The van der Waals surface area contributed by atoms with Crippen LogP contribution in [0.3, 0.4) is 0 Å². The highest BCUT2D eigenvalue weighted by Gasteiger charge is 2.54. The number of aromatic nitrogens is 2. The van der Waals surface area contributed by atoms with Gasteiger partial charge in [-0.3, -0.25) is 0 Å². The average Bonchev–Trinajstić information content (AvgIpc) is 3.03. The molecule has 1 spiro atoms. The molecular formula is C22H22F4N4O. The van der Waals surface area contributed by atoms with E-state index in [-0.39, 0.29) is 30.0 Å². The lowest BCUT2D eigenvalue weighted by atomic mass is 9.80. The first kappa shape index (κ1) is 19.4.